The van der Waals surface area contributed by atoms with Gasteiger partial charge in [0.15, 0.2) is 9.84 Å². The number of pyridine rings is 1. The highest BCUT2D eigenvalue weighted by Gasteiger charge is 2.31. The first kappa shape index (κ1) is 15.0. The van der Waals surface area contributed by atoms with Gasteiger partial charge in [-0.25, -0.2) is 26.5 Å². The molecular weight excluding hydrogens is 335 g/mol. The van der Waals surface area contributed by atoms with E-state index in [9.17, 15) is 16.8 Å². The number of hydrogen-bond donors (Lipinski definition) is 1. The summed E-state index contributed by atoms with van der Waals surface area (Å²) < 4.78 is 48.9. The van der Waals surface area contributed by atoms with Crippen LogP contribution < -0.4 is 4.72 Å². The van der Waals surface area contributed by atoms with Gasteiger partial charge in [0.2, 0.25) is 10.0 Å². The molecule has 1 unspecified atom stereocenters. The number of nitrogens with zero attached hydrogens (tertiary/aromatic N) is 1. The summed E-state index contributed by atoms with van der Waals surface area (Å²) in [4.78, 5) is 3.50. The first-order valence-corrected chi connectivity index (χ1v) is 9.29. The molecule has 1 aromatic heterocycles. The molecule has 1 aliphatic heterocycles. The molecule has 0 amide bonds. The van der Waals surface area contributed by atoms with Crippen LogP contribution in [0.15, 0.2) is 17.2 Å². The molecule has 2 rings (SSSR count). The second-order valence-corrected chi connectivity index (χ2v) is 8.87. The largest absolute Gasteiger partial charge is 0.242 e. The fraction of sp³-hybridized carbons (Fsp3) is 0.444. The predicted molar refractivity (Wildman–Crippen MR) is 71.6 cm³/mol. The Morgan fingerprint density at radius 1 is 1.37 bits per heavy atom. The molecule has 1 aromatic rings. The Labute approximate surface area is 121 Å². The van der Waals surface area contributed by atoms with Crippen LogP contribution in [0.4, 0.5) is 0 Å². The van der Waals surface area contributed by atoms with E-state index >= 15 is 0 Å². The first-order chi connectivity index (χ1) is 8.70. The van der Waals surface area contributed by atoms with Crippen molar-refractivity contribution in [2.75, 3.05) is 11.5 Å². The van der Waals surface area contributed by atoms with Crippen LogP contribution in [0.1, 0.15) is 6.42 Å². The summed E-state index contributed by atoms with van der Waals surface area (Å²) in [6, 6.07) is 0.548. The lowest BCUT2D eigenvalue weighted by molar-refractivity contribution is 0.562. The Balaban J connectivity index is 2.21. The molecule has 1 N–H and O–H groups in total. The number of rotatable bonds is 3. The lowest BCUT2D eigenvalue weighted by Gasteiger charge is -2.11. The number of hydrogen-bond acceptors (Lipinski definition) is 5. The molecule has 19 heavy (non-hydrogen) atoms. The van der Waals surface area contributed by atoms with Crippen molar-refractivity contribution in [1.29, 1.82) is 0 Å². The van der Waals surface area contributed by atoms with Crippen molar-refractivity contribution in [3.63, 3.8) is 0 Å². The molecule has 106 valence electrons. The highest BCUT2D eigenvalue weighted by Crippen LogP contribution is 2.23. The molecule has 1 fully saturated rings. The molecule has 2 heterocycles. The van der Waals surface area contributed by atoms with Gasteiger partial charge in [0.25, 0.3) is 0 Å². The smallest absolute Gasteiger partial charge is 0.242 e. The number of sulfonamides is 1. The van der Waals surface area contributed by atoms with Crippen LogP contribution in [-0.4, -0.2) is 39.4 Å². The van der Waals surface area contributed by atoms with Crippen LogP contribution in [0.2, 0.25) is 10.2 Å². The van der Waals surface area contributed by atoms with Crippen molar-refractivity contribution in [3.8, 4) is 0 Å². The fourth-order valence-electron chi connectivity index (χ4n) is 1.73. The van der Waals surface area contributed by atoms with E-state index in [1.165, 1.54) is 6.07 Å². The van der Waals surface area contributed by atoms with Gasteiger partial charge in [0.05, 0.1) is 16.5 Å². The summed E-state index contributed by atoms with van der Waals surface area (Å²) in [7, 11) is -7.01. The van der Waals surface area contributed by atoms with Gasteiger partial charge >= 0.3 is 0 Å². The quantitative estimate of drug-likeness (QED) is 0.820. The summed E-state index contributed by atoms with van der Waals surface area (Å²) in [5.41, 5.74) is 0. The van der Waals surface area contributed by atoms with Crippen LogP contribution in [0.25, 0.3) is 0 Å². The number of nitrogens with one attached hydrogen (secondary N) is 1. The lowest BCUT2D eigenvalue weighted by atomic mass is 10.3. The van der Waals surface area contributed by atoms with E-state index in [1.54, 1.807) is 0 Å². The maximum absolute atomic E-state index is 12.0. The predicted octanol–water partition coefficient (Wildman–Crippen LogP) is 0.854. The second-order valence-electron chi connectivity index (χ2n) is 4.16. The molecule has 0 spiro atoms. The van der Waals surface area contributed by atoms with Crippen LogP contribution in [-0.2, 0) is 19.9 Å². The van der Waals surface area contributed by atoms with Crippen molar-refractivity contribution in [2.24, 2.45) is 0 Å². The normalized spacial score (nSPS) is 22.5. The minimum Gasteiger partial charge on any atom is -0.242 e. The molecule has 6 nitrogen and oxygen atoms in total. The zero-order chi connectivity index (χ0) is 14.3. The Kier molecular flexibility index (Phi) is 4.08. The van der Waals surface area contributed by atoms with Crippen molar-refractivity contribution in [2.45, 2.75) is 17.4 Å². The highest BCUT2D eigenvalue weighted by molar-refractivity contribution is 7.92. The fourth-order valence-corrected chi connectivity index (χ4v) is 5.08. The van der Waals surface area contributed by atoms with E-state index in [1.807, 2.05) is 0 Å². The van der Waals surface area contributed by atoms with E-state index in [-0.39, 0.29) is 33.0 Å². The van der Waals surface area contributed by atoms with Crippen LogP contribution in [0.5, 0.6) is 0 Å². The monoisotopic (exact) mass is 344 g/mol. The Hall–Kier alpha value is -0.410. The van der Waals surface area contributed by atoms with Gasteiger partial charge in [-0.05, 0) is 12.5 Å². The maximum atomic E-state index is 12.0. The lowest BCUT2D eigenvalue weighted by Crippen LogP contribution is -2.35. The maximum Gasteiger partial charge on any atom is 0.242 e. The number of aromatic nitrogens is 1. The van der Waals surface area contributed by atoms with Crippen molar-refractivity contribution in [3.05, 3.63) is 22.4 Å². The van der Waals surface area contributed by atoms with E-state index < -0.39 is 25.9 Å². The van der Waals surface area contributed by atoms with Gasteiger partial charge in [-0.3, -0.25) is 0 Å². The molecule has 0 aliphatic carbocycles. The van der Waals surface area contributed by atoms with E-state index in [2.05, 4.69) is 9.71 Å². The molecule has 1 saturated heterocycles. The van der Waals surface area contributed by atoms with Gasteiger partial charge in [-0.1, -0.05) is 23.2 Å². The molecule has 1 atom stereocenters. The minimum atomic E-state index is -3.85. The van der Waals surface area contributed by atoms with E-state index in [0.29, 0.717) is 0 Å². The topological polar surface area (TPSA) is 93.2 Å². The van der Waals surface area contributed by atoms with Gasteiger partial charge in [0, 0.05) is 12.2 Å². The van der Waals surface area contributed by atoms with Crippen molar-refractivity contribution >= 4 is 43.1 Å². The summed E-state index contributed by atoms with van der Waals surface area (Å²) in [6.45, 7) is 0. The minimum absolute atomic E-state index is 0.00376. The molecule has 1 aliphatic rings. The Morgan fingerprint density at radius 2 is 2.05 bits per heavy atom. The molecular formula is C9H10Cl2N2O4S2. The van der Waals surface area contributed by atoms with Crippen LogP contribution >= 0.6 is 23.2 Å². The standard InChI is InChI=1S/C9H10Cl2N2O4S2/c10-8-3-7(4-12-9(8)11)19(16,17)13-6-1-2-18(14,15)5-6/h3-4,6,13H,1-2,5H2. The van der Waals surface area contributed by atoms with Crippen molar-refractivity contribution in [1.82, 2.24) is 9.71 Å². The van der Waals surface area contributed by atoms with Gasteiger partial charge in [-0.2, -0.15) is 0 Å². The number of sulfone groups is 1. The summed E-state index contributed by atoms with van der Waals surface area (Å²) in [5, 5.41) is 0.0210. The summed E-state index contributed by atoms with van der Waals surface area (Å²) in [5.74, 6) is -0.208. The zero-order valence-corrected chi connectivity index (χ0v) is 12.7. The Bertz CT molecular complexity index is 703. The van der Waals surface area contributed by atoms with E-state index in [4.69, 9.17) is 23.2 Å². The van der Waals surface area contributed by atoms with Gasteiger partial charge in [0.1, 0.15) is 10.0 Å². The van der Waals surface area contributed by atoms with Crippen molar-refractivity contribution < 1.29 is 16.8 Å². The summed E-state index contributed by atoms with van der Waals surface area (Å²) >= 11 is 11.3. The van der Waals surface area contributed by atoms with Gasteiger partial charge < -0.3 is 0 Å². The summed E-state index contributed by atoms with van der Waals surface area (Å²) in [6.07, 6.45) is 1.33. The zero-order valence-electron chi connectivity index (χ0n) is 9.51. The Morgan fingerprint density at radius 3 is 2.58 bits per heavy atom. The average molecular weight is 345 g/mol. The third-order valence-corrected chi connectivity index (χ3v) is 6.58. The molecule has 0 radical (unpaired) electrons. The molecule has 0 saturated carbocycles. The first-order valence-electron chi connectivity index (χ1n) is 5.23. The molecule has 10 heteroatoms. The number of halogens is 2. The molecule has 0 bridgehead atoms. The van der Waals surface area contributed by atoms with Gasteiger partial charge in [-0.15, -0.1) is 0 Å². The molecule has 0 aromatic carbocycles. The highest BCUT2D eigenvalue weighted by atomic mass is 35.5. The SMILES string of the molecule is O=S1(=O)CCC(NS(=O)(=O)c2cnc(Cl)c(Cl)c2)C1. The second kappa shape index (κ2) is 5.17. The van der Waals surface area contributed by atoms with Crippen LogP contribution in [0.3, 0.4) is 0 Å². The average Bonchev–Trinajstić information content (AvgIpc) is 2.61. The van der Waals surface area contributed by atoms with Crippen LogP contribution in [0, 0.1) is 0 Å². The third-order valence-electron chi connectivity index (χ3n) is 2.64. The van der Waals surface area contributed by atoms with E-state index in [0.717, 1.165) is 6.20 Å². The third kappa shape index (κ3) is 3.57.